The van der Waals surface area contributed by atoms with Gasteiger partial charge in [0.05, 0.1) is 18.7 Å². The van der Waals surface area contributed by atoms with Crippen LogP contribution >= 0.6 is 0 Å². The van der Waals surface area contributed by atoms with E-state index in [-0.39, 0.29) is 13.0 Å². The Morgan fingerprint density at radius 1 is 1.44 bits per heavy atom. The molecule has 3 N–H and O–H groups in total. The third-order valence-electron chi connectivity index (χ3n) is 4.87. The molecule has 0 aromatic carbocycles. The third kappa shape index (κ3) is 6.18. The Kier molecular flexibility index (Phi) is 8.15. The largest absolute Gasteiger partial charge is 0.480 e. The van der Waals surface area contributed by atoms with Gasteiger partial charge >= 0.3 is 23.5 Å². The highest BCUT2D eigenvalue weighted by molar-refractivity contribution is 6.32. The van der Waals surface area contributed by atoms with E-state index < -0.39 is 65.9 Å². The van der Waals surface area contributed by atoms with Crippen LogP contribution in [0.4, 0.5) is 0 Å². The van der Waals surface area contributed by atoms with Crippen LogP contribution in [-0.2, 0) is 30.4 Å². The van der Waals surface area contributed by atoms with Gasteiger partial charge in [0.15, 0.2) is 0 Å². The monoisotopic (exact) mass is 452 g/mol. The molecule has 0 saturated carbocycles. The minimum Gasteiger partial charge on any atom is -0.480 e. The molecule has 4 atom stereocenters. The molecule has 1 aliphatic rings. The predicted octanol–water partition coefficient (Wildman–Crippen LogP) is -0.550. The highest BCUT2D eigenvalue weighted by Gasteiger charge is 2.36. The van der Waals surface area contributed by atoms with Crippen molar-refractivity contribution < 1.29 is 29.0 Å². The summed E-state index contributed by atoms with van der Waals surface area (Å²) in [5.74, 6) is -4.29. The number of H-pyrrole nitrogens is 1. The molecule has 1 aromatic heterocycles. The van der Waals surface area contributed by atoms with Gasteiger partial charge < -0.3 is 19.9 Å². The topological polar surface area (TPSA) is 206 Å². The van der Waals surface area contributed by atoms with Gasteiger partial charge in [0.2, 0.25) is 0 Å². The number of nitrogens with zero attached hydrogens (tertiary/aromatic N) is 4. The van der Waals surface area contributed by atoms with E-state index in [2.05, 4.69) is 20.3 Å². The lowest BCUT2D eigenvalue weighted by Crippen LogP contribution is -2.47. The number of carbonyl (C=O) groups excluding carboxylic acids is 2. The lowest BCUT2D eigenvalue weighted by Gasteiger charge is -2.18. The quantitative estimate of drug-likeness (QED) is 0.153. The SMILES string of the molecule is Cc1cn(C[C@H]2C[C@H](N=[N+]=[N-])[C@@H](COC(=O)C(=O)N[C@H](C(=O)O)C(C)C)O2)c(=O)[nH]c1=O. The average molecular weight is 452 g/mol. The number of azide groups is 1. The lowest BCUT2D eigenvalue weighted by atomic mass is 10.1. The Balaban J connectivity index is 2.00. The van der Waals surface area contributed by atoms with Crippen molar-refractivity contribution >= 4 is 17.8 Å². The van der Waals surface area contributed by atoms with Gasteiger partial charge in [-0.05, 0) is 24.8 Å². The van der Waals surface area contributed by atoms with E-state index in [0.717, 1.165) is 0 Å². The first-order valence-corrected chi connectivity index (χ1v) is 9.74. The van der Waals surface area contributed by atoms with Crippen molar-refractivity contribution in [2.75, 3.05) is 6.61 Å². The van der Waals surface area contributed by atoms with Gasteiger partial charge in [-0.1, -0.05) is 19.0 Å². The Bertz CT molecular complexity index is 1040. The summed E-state index contributed by atoms with van der Waals surface area (Å²) in [5.41, 5.74) is 7.97. The van der Waals surface area contributed by atoms with Crippen LogP contribution in [0.3, 0.4) is 0 Å². The molecule has 14 nitrogen and oxygen atoms in total. The van der Waals surface area contributed by atoms with Gasteiger partial charge in [-0.25, -0.2) is 14.4 Å². The second-order valence-electron chi connectivity index (χ2n) is 7.66. The number of nitrogens with one attached hydrogen (secondary N) is 2. The van der Waals surface area contributed by atoms with Gasteiger partial charge in [0.25, 0.3) is 5.56 Å². The summed E-state index contributed by atoms with van der Waals surface area (Å²) in [6.45, 7) is 4.29. The summed E-state index contributed by atoms with van der Waals surface area (Å²) >= 11 is 0. The number of aromatic amines is 1. The molecule has 1 amide bonds. The Morgan fingerprint density at radius 3 is 2.72 bits per heavy atom. The summed E-state index contributed by atoms with van der Waals surface area (Å²) in [5, 5.41) is 14.8. The first-order chi connectivity index (χ1) is 15.0. The molecule has 0 unspecified atom stereocenters. The maximum Gasteiger partial charge on any atom is 0.396 e. The van der Waals surface area contributed by atoms with E-state index in [1.54, 1.807) is 13.8 Å². The highest BCUT2D eigenvalue weighted by Crippen LogP contribution is 2.25. The normalized spacial score (nSPS) is 20.9. The number of aliphatic carboxylic acids is 1. The Labute approximate surface area is 181 Å². The molecule has 2 rings (SSSR count). The molecule has 14 heteroatoms. The number of carboxylic acid groups (broad SMARTS) is 1. The fraction of sp³-hybridized carbons (Fsp3) is 0.611. The number of amides is 1. The van der Waals surface area contributed by atoms with Crippen LogP contribution in [0.25, 0.3) is 10.4 Å². The first kappa shape index (κ1) is 24.6. The number of ether oxygens (including phenoxy) is 2. The van der Waals surface area contributed by atoms with Crippen LogP contribution in [0, 0.1) is 12.8 Å². The molecule has 1 fully saturated rings. The molecule has 32 heavy (non-hydrogen) atoms. The number of carboxylic acids is 1. The number of aryl methyl sites for hydroxylation is 1. The molecule has 1 saturated heterocycles. The minimum absolute atomic E-state index is 0.0491. The van der Waals surface area contributed by atoms with Gasteiger partial charge in [0, 0.05) is 16.7 Å². The zero-order chi connectivity index (χ0) is 24.0. The maximum absolute atomic E-state index is 12.0. The summed E-state index contributed by atoms with van der Waals surface area (Å²) < 4.78 is 11.9. The Hall–Kier alpha value is -3.64. The highest BCUT2D eigenvalue weighted by atomic mass is 16.6. The number of hydrogen-bond acceptors (Lipinski definition) is 8. The maximum atomic E-state index is 12.0. The van der Waals surface area contributed by atoms with Crippen molar-refractivity contribution in [1.82, 2.24) is 14.9 Å². The third-order valence-corrected chi connectivity index (χ3v) is 4.87. The number of rotatable bonds is 8. The van der Waals surface area contributed by atoms with Crippen molar-refractivity contribution in [2.24, 2.45) is 11.0 Å². The number of carbonyl (C=O) groups is 3. The summed E-state index contributed by atoms with van der Waals surface area (Å²) in [7, 11) is 0. The predicted molar refractivity (Wildman–Crippen MR) is 108 cm³/mol. The second-order valence-corrected chi connectivity index (χ2v) is 7.66. The van der Waals surface area contributed by atoms with Crippen LogP contribution < -0.4 is 16.6 Å². The fourth-order valence-corrected chi connectivity index (χ4v) is 3.18. The minimum atomic E-state index is -1.31. The van der Waals surface area contributed by atoms with E-state index in [1.807, 2.05) is 0 Å². The smallest absolute Gasteiger partial charge is 0.396 e. The van der Waals surface area contributed by atoms with Crippen molar-refractivity contribution in [3.63, 3.8) is 0 Å². The Morgan fingerprint density at radius 2 is 2.12 bits per heavy atom. The first-order valence-electron chi connectivity index (χ1n) is 9.74. The van der Waals surface area contributed by atoms with Crippen molar-refractivity contribution in [3.8, 4) is 0 Å². The second kappa shape index (κ2) is 10.6. The fourth-order valence-electron chi connectivity index (χ4n) is 3.18. The van der Waals surface area contributed by atoms with Crippen LogP contribution in [0.15, 0.2) is 20.9 Å². The molecule has 2 heterocycles. The molecule has 0 bridgehead atoms. The molecule has 0 aliphatic carbocycles. The standard InChI is InChI=1S/C18H24N6O8/c1-8(2)13(16(27)28)20-15(26)17(29)31-7-12-11(22-23-19)4-10(32-12)6-24-5-9(3)14(25)21-18(24)30/h5,8,10-13H,4,6-7H2,1-3H3,(H,20,26)(H,27,28)(H,21,25,30)/t10-,11+,12-,13+/m1/s1. The van der Waals surface area contributed by atoms with Crippen LogP contribution in [0.5, 0.6) is 0 Å². The number of aromatic nitrogens is 2. The van der Waals surface area contributed by atoms with E-state index in [0.29, 0.717) is 5.56 Å². The molecule has 1 aromatic rings. The molecule has 174 valence electrons. The van der Waals surface area contributed by atoms with Crippen LogP contribution in [0.1, 0.15) is 25.8 Å². The van der Waals surface area contributed by atoms with E-state index >= 15 is 0 Å². The molecule has 0 spiro atoms. The number of esters is 1. The molecule has 0 radical (unpaired) electrons. The average Bonchev–Trinajstić information content (AvgIpc) is 3.09. The number of hydrogen-bond donors (Lipinski definition) is 3. The van der Waals surface area contributed by atoms with Crippen LogP contribution in [-0.4, -0.2) is 63.4 Å². The van der Waals surface area contributed by atoms with Crippen molar-refractivity contribution in [1.29, 1.82) is 0 Å². The van der Waals surface area contributed by atoms with Crippen LogP contribution in [0.2, 0.25) is 0 Å². The van der Waals surface area contributed by atoms with Gasteiger partial charge in [-0.15, -0.1) is 0 Å². The van der Waals surface area contributed by atoms with Gasteiger partial charge in [-0.3, -0.25) is 19.1 Å². The van der Waals surface area contributed by atoms with Crippen molar-refractivity contribution in [2.45, 2.75) is 58.0 Å². The summed E-state index contributed by atoms with van der Waals surface area (Å²) in [6, 6.07) is -2.00. The van der Waals surface area contributed by atoms with E-state index in [4.69, 9.17) is 20.1 Å². The van der Waals surface area contributed by atoms with E-state index in [1.165, 1.54) is 17.7 Å². The lowest BCUT2D eigenvalue weighted by molar-refractivity contribution is -0.159. The molecular weight excluding hydrogens is 428 g/mol. The van der Waals surface area contributed by atoms with Gasteiger partial charge in [-0.2, -0.15) is 0 Å². The summed E-state index contributed by atoms with van der Waals surface area (Å²) in [4.78, 5) is 63.4. The van der Waals surface area contributed by atoms with Crippen molar-refractivity contribution in [3.05, 3.63) is 43.0 Å². The molecule has 1 aliphatic heterocycles. The summed E-state index contributed by atoms with van der Waals surface area (Å²) in [6.07, 6.45) is 0.103. The zero-order valence-electron chi connectivity index (χ0n) is 17.7. The molecular formula is C18H24N6O8. The van der Waals surface area contributed by atoms with Gasteiger partial charge in [0.1, 0.15) is 18.8 Å². The van der Waals surface area contributed by atoms with E-state index in [9.17, 15) is 24.0 Å². The zero-order valence-corrected chi connectivity index (χ0v) is 17.7.